The Labute approximate surface area is 187 Å². The van der Waals surface area contributed by atoms with Crippen molar-refractivity contribution in [3.05, 3.63) is 72.1 Å². The fraction of sp³-hybridized carbons (Fsp3) is 0.346. The average molecular weight is 429 g/mol. The first kappa shape index (κ1) is 20.5. The van der Waals surface area contributed by atoms with Crippen molar-refractivity contribution in [3.63, 3.8) is 0 Å². The van der Waals surface area contributed by atoms with Gasteiger partial charge in [-0.15, -0.1) is 0 Å². The number of pyridine rings is 1. The maximum absolute atomic E-state index is 13.2. The number of fused-ring (bicyclic) bond motifs is 1. The molecule has 0 spiro atoms. The Morgan fingerprint density at radius 1 is 1.06 bits per heavy atom. The molecule has 0 aliphatic carbocycles. The minimum Gasteiger partial charge on any atom is -0.346 e. The molecule has 1 unspecified atom stereocenters. The largest absolute Gasteiger partial charge is 0.346 e. The quantitative estimate of drug-likeness (QED) is 0.690. The van der Waals surface area contributed by atoms with Crippen LogP contribution in [-0.4, -0.2) is 57.8 Å². The van der Waals surface area contributed by atoms with E-state index in [1.807, 2.05) is 52.4 Å². The molecular weight excluding hydrogens is 400 g/mol. The highest BCUT2D eigenvalue weighted by molar-refractivity contribution is 5.91. The van der Waals surface area contributed by atoms with E-state index < -0.39 is 0 Å². The molecule has 6 heteroatoms. The number of nitrogens with zero attached hydrogens (tertiary/aromatic N) is 3. The Kier molecular flexibility index (Phi) is 5.75. The third kappa shape index (κ3) is 4.17. The normalized spacial score (nSPS) is 19.1. The molecule has 32 heavy (non-hydrogen) atoms. The van der Waals surface area contributed by atoms with E-state index in [0.717, 1.165) is 42.4 Å². The molecular formula is C26H28N4O2. The van der Waals surface area contributed by atoms with E-state index in [9.17, 15) is 9.59 Å². The van der Waals surface area contributed by atoms with Crippen LogP contribution in [0.15, 0.2) is 60.9 Å². The minimum absolute atomic E-state index is 0.101. The van der Waals surface area contributed by atoms with Gasteiger partial charge in [0.2, 0.25) is 11.8 Å². The zero-order valence-electron chi connectivity index (χ0n) is 18.2. The van der Waals surface area contributed by atoms with Gasteiger partial charge in [-0.25, -0.2) is 4.98 Å². The van der Waals surface area contributed by atoms with Crippen LogP contribution >= 0.6 is 0 Å². The highest BCUT2D eigenvalue weighted by atomic mass is 16.2. The van der Waals surface area contributed by atoms with E-state index in [4.69, 9.17) is 0 Å². The van der Waals surface area contributed by atoms with Crippen LogP contribution in [0, 0.1) is 5.92 Å². The molecule has 1 fully saturated rings. The molecule has 1 aromatic carbocycles. The van der Waals surface area contributed by atoms with Crippen LogP contribution in [0.4, 0.5) is 0 Å². The highest BCUT2D eigenvalue weighted by Gasteiger charge is 2.32. The van der Waals surface area contributed by atoms with Gasteiger partial charge in [0.25, 0.3) is 0 Å². The predicted molar refractivity (Wildman–Crippen MR) is 125 cm³/mol. The van der Waals surface area contributed by atoms with Gasteiger partial charge in [0.15, 0.2) is 0 Å². The van der Waals surface area contributed by atoms with Gasteiger partial charge < -0.3 is 14.8 Å². The van der Waals surface area contributed by atoms with Gasteiger partial charge in [-0.05, 0) is 42.5 Å². The summed E-state index contributed by atoms with van der Waals surface area (Å²) >= 11 is 0. The number of H-pyrrole nitrogens is 1. The number of rotatable bonds is 4. The summed E-state index contributed by atoms with van der Waals surface area (Å²) in [5.74, 6) is 0.191. The Morgan fingerprint density at radius 2 is 1.94 bits per heavy atom. The first-order valence-electron chi connectivity index (χ1n) is 11.4. The van der Waals surface area contributed by atoms with Crippen molar-refractivity contribution in [2.24, 2.45) is 5.92 Å². The summed E-state index contributed by atoms with van der Waals surface area (Å²) in [6.45, 7) is 2.61. The number of hydrogen-bond donors (Lipinski definition) is 1. The van der Waals surface area contributed by atoms with Gasteiger partial charge in [-0.3, -0.25) is 9.59 Å². The van der Waals surface area contributed by atoms with Gasteiger partial charge in [0.05, 0.1) is 12.3 Å². The molecule has 4 heterocycles. The maximum Gasteiger partial charge on any atom is 0.227 e. The average Bonchev–Trinajstić information content (AvgIpc) is 3.29. The molecule has 164 valence electrons. The lowest BCUT2D eigenvalue weighted by Gasteiger charge is -2.36. The van der Waals surface area contributed by atoms with E-state index >= 15 is 0 Å². The molecule has 1 saturated heterocycles. The molecule has 2 amide bonds. The van der Waals surface area contributed by atoms with Crippen molar-refractivity contribution in [3.8, 4) is 0 Å². The standard InChI is InChI=1S/C26H28N4O2/c31-24(16-19-6-2-1-3-7-19)30-13-5-8-21(18-30)26(32)29-14-10-20(11-15-29)23-17-28-25-22(23)9-4-12-27-25/h1-4,6-7,9-10,12,17,21H,5,8,11,13-16,18H2,(H,27,28). The van der Waals surface area contributed by atoms with E-state index in [1.165, 1.54) is 11.1 Å². The summed E-state index contributed by atoms with van der Waals surface area (Å²) in [5.41, 5.74) is 4.35. The third-order valence-electron chi connectivity index (χ3n) is 6.64. The number of benzene rings is 1. The minimum atomic E-state index is -0.101. The van der Waals surface area contributed by atoms with Gasteiger partial charge >= 0.3 is 0 Å². The summed E-state index contributed by atoms with van der Waals surface area (Å²) in [6, 6.07) is 13.9. The van der Waals surface area contributed by atoms with Crippen molar-refractivity contribution in [1.29, 1.82) is 0 Å². The molecule has 1 N–H and O–H groups in total. The van der Waals surface area contributed by atoms with Crippen molar-refractivity contribution in [1.82, 2.24) is 19.8 Å². The first-order valence-corrected chi connectivity index (χ1v) is 11.4. The molecule has 6 nitrogen and oxygen atoms in total. The number of likely N-dealkylation sites (tertiary alicyclic amines) is 1. The Balaban J connectivity index is 1.21. The fourth-order valence-electron chi connectivity index (χ4n) is 4.88. The molecule has 3 aromatic rings. The van der Waals surface area contributed by atoms with Crippen LogP contribution in [0.1, 0.15) is 30.4 Å². The van der Waals surface area contributed by atoms with Crippen molar-refractivity contribution < 1.29 is 9.59 Å². The number of aromatic nitrogens is 2. The second-order valence-corrected chi connectivity index (χ2v) is 8.71. The molecule has 0 bridgehead atoms. The smallest absolute Gasteiger partial charge is 0.227 e. The van der Waals surface area contributed by atoms with E-state index in [0.29, 0.717) is 26.1 Å². The molecule has 0 saturated carbocycles. The summed E-state index contributed by atoms with van der Waals surface area (Å²) in [4.78, 5) is 37.4. The van der Waals surface area contributed by atoms with E-state index in [2.05, 4.69) is 22.1 Å². The number of hydrogen-bond acceptors (Lipinski definition) is 3. The molecule has 1 atom stereocenters. The Hall–Kier alpha value is -3.41. The van der Waals surface area contributed by atoms with Crippen molar-refractivity contribution >= 4 is 28.4 Å². The number of nitrogens with one attached hydrogen (secondary N) is 1. The predicted octanol–water partition coefficient (Wildman–Crippen LogP) is 3.66. The zero-order chi connectivity index (χ0) is 21.9. The van der Waals surface area contributed by atoms with Gasteiger partial charge in [0.1, 0.15) is 5.65 Å². The topological polar surface area (TPSA) is 69.3 Å². The van der Waals surface area contributed by atoms with Crippen LogP contribution in [0.25, 0.3) is 16.6 Å². The fourth-order valence-corrected chi connectivity index (χ4v) is 4.88. The number of amides is 2. The maximum atomic E-state index is 13.2. The second kappa shape index (κ2) is 8.99. The summed E-state index contributed by atoms with van der Waals surface area (Å²) in [5, 5.41) is 1.12. The number of carbonyl (C=O) groups excluding carboxylic acids is 2. The summed E-state index contributed by atoms with van der Waals surface area (Å²) in [7, 11) is 0. The Morgan fingerprint density at radius 3 is 2.75 bits per heavy atom. The Bertz CT molecular complexity index is 1150. The number of carbonyl (C=O) groups is 2. The second-order valence-electron chi connectivity index (χ2n) is 8.71. The van der Waals surface area contributed by atoms with Crippen LogP contribution in [0.3, 0.4) is 0 Å². The number of aromatic amines is 1. The third-order valence-corrected chi connectivity index (χ3v) is 6.64. The van der Waals surface area contributed by atoms with Crippen LogP contribution in [0.2, 0.25) is 0 Å². The molecule has 5 rings (SSSR count). The summed E-state index contributed by atoms with van der Waals surface area (Å²) < 4.78 is 0. The number of piperidine rings is 1. The highest BCUT2D eigenvalue weighted by Crippen LogP contribution is 2.29. The van der Waals surface area contributed by atoms with Gasteiger partial charge in [0, 0.05) is 49.5 Å². The van der Waals surface area contributed by atoms with Gasteiger partial charge in [-0.2, -0.15) is 0 Å². The monoisotopic (exact) mass is 428 g/mol. The van der Waals surface area contributed by atoms with Crippen LogP contribution < -0.4 is 0 Å². The van der Waals surface area contributed by atoms with E-state index in [-0.39, 0.29) is 17.7 Å². The SMILES string of the molecule is O=C(Cc1ccccc1)N1CCCC(C(=O)N2CC=C(c3c[nH]c4ncccc34)CC2)C1. The van der Waals surface area contributed by atoms with Crippen LogP contribution in [0.5, 0.6) is 0 Å². The lowest BCUT2D eigenvalue weighted by Crippen LogP contribution is -2.48. The summed E-state index contributed by atoms with van der Waals surface area (Å²) in [6.07, 6.45) is 8.93. The molecule has 0 radical (unpaired) electrons. The lowest BCUT2D eigenvalue weighted by molar-refractivity contribution is -0.140. The van der Waals surface area contributed by atoms with Crippen LogP contribution in [-0.2, 0) is 16.0 Å². The van der Waals surface area contributed by atoms with E-state index in [1.54, 1.807) is 6.20 Å². The molecule has 2 aliphatic heterocycles. The van der Waals surface area contributed by atoms with Gasteiger partial charge in [-0.1, -0.05) is 36.4 Å². The first-order chi connectivity index (χ1) is 15.7. The molecule has 2 aliphatic rings. The van der Waals surface area contributed by atoms with Crippen molar-refractivity contribution in [2.45, 2.75) is 25.7 Å². The molecule has 2 aromatic heterocycles. The zero-order valence-corrected chi connectivity index (χ0v) is 18.2. The lowest BCUT2D eigenvalue weighted by atomic mass is 9.94. The van der Waals surface area contributed by atoms with Crippen molar-refractivity contribution in [2.75, 3.05) is 26.2 Å².